The van der Waals surface area contributed by atoms with Crippen molar-refractivity contribution < 1.29 is 4.74 Å². The Hall–Kier alpha value is -1.69. The van der Waals surface area contributed by atoms with Gasteiger partial charge in [-0.05, 0) is 38.6 Å². The Balaban J connectivity index is 1.54. The summed E-state index contributed by atoms with van der Waals surface area (Å²) in [7, 11) is 2.23. The predicted octanol–water partition coefficient (Wildman–Crippen LogP) is 2.26. The summed E-state index contributed by atoms with van der Waals surface area (Å²) in [5.41, 5.74) is 2.37. The molecular formula is C20H28N4O. The van der Waals surface area contributed by atoms with Crippen LogP contribution in [0.5, 0.6) is 0 Å². The number of hydrogen-bond acceptors (Lipinski definition) is 5. The van der Waals surface area contributed by atoms with Crippen LogP contribution in [0, 0.1) is 0 Å². The van der Waals surface area contributed by atoms with Crippen molar-refractivity contribution in [2.45, 2.75) is 25.4 Å². The van der Waals surface area contributed by atoms with Crippen LogP contribution >= 0.6 is 0 Å². The monoisotopic (exact) mass is 340 g/mol. The van der Waals surface area contributed by atoms with Crippen LogP contribution in [0.15, 0.2) is 30.3 Å². The number of nitrogens with zero attached hydrogens (tertiary/aromatic N) is 3. The zero-order valence-electron chi connectivity index (χ0n) is 15.1. The molecule has 1 unspecified atom stereocenters. The van der Waals surface area contributed by atoms with Gasteiger partial charge in [-0.2, -0.15) is 0 Å². The maximum Gasteiger partial charge on any atom is 0.133 e. The van der Waals surface area contributed by atoms with Crippen LogP contribution in [0.25, 0.3) is 10.9 Å². The number of aromatic nitrogens is 1. The number of ether oxygens (including phenoxy) is 1. The van der Waals surface area contributed by atoms with E-state index in [4.69, 9.17) is 9.72 Å². The Labute approximate surface area is 150 Å². The third kappa shape index (κ3) is 3.78. The molecule has 0 spiro atoms. The molecule has 2 aliphatic heterocycles. The molecule has 5 nitrogen and oxygen atoms in total. The maximum atomic E-state index is 5.52. The number of morpholine rings is 1. The lowest BCUT2D eigenvalue weighted by Gasteiger charge is -2.30. The Kier molecular flexibility index (Phi) is 5.15. The quantitative estimate of drug-likeness (QED) is 0.904. The van der Waals surface area contributed by atoms with Crippen LogP contribution < -0.4 is 10.2 Å². The molecule has 3 heterocycles. The van der Waals surface area contributed by atoms with Crippen LogP contribution in [0.3, 0.4) is 0 Å². The standard InChI is InChI=1S/C20H28N4O/c1-23-8-4-6-18(23)15-21-14-17-13-16-5-2-3-7-19(16)22-20(17)24-9-11-25-12-10-24/h2-3,5,7,13,18,21H,4,6,8-12,14-15H2,1H3. The highest BCUT2D eigenvalue weighted by Gasteiger charge is 2.21. The Morgan fingerprint density at radius 3 is 2.84 bits per heavy atom. The minimum absolute atomic E-state index is 0.667. The second kappa shape index (κ2) is 7.68. The molecule has 0 amide bonds. The van der Waals surface area contributed by atoms with Gasteiger partial charge in [0.25, 0.3) is 0 Å². The van der Waals surface area contributed by atoms with Crippen LogP contribution in [0.2, 0.25) is 0 Å². The smallest absolute Gasteiger partial charge is 0.133 e. The topological polar surface area (TPSA) is 40.6 Å². The lowest BCUT2D eigenvalue weighted by atomic mass is 10.1. The van der Waals surface area contributed by atoms with E-state index in [1.807, 2.05) is 0 Å². The van der Waals surface area contributed by atoms with Crippen LogP contribution in [0.1, 0.15) is 18.4 Å². The van der Waals surface area contributed by atoms with Gasteiger partial charge >= 0.3 is 0 Å². The summed E-state index contributed by atoms with van der Waals surface area (Å²) in [4.78, 5) is 9.82. The zero-order valence-corrected chi connectivity index (χ0v) is 15.1. The van der Waals surface area contributed by atoms with Crippen LogP contribution in [0.4, 0.5) is 5.82 Å². The molecule has 2 aliphatic rings. The average Bonchev–Trinajstić information content (AvgIpc) is 3.07. The molecule has 0 bridgehead atoms. The molecule has 2 aromatic rings. The first-order chi connectivity index (χ1) is 12.3. The number of hydrogen-bond donors (Lipinski definition) is 1. The van der Waals surface area contributed by atoms with Crippen molar-refractivity contribution in [3.8, 4) is 0 Å². The third-order valence-electron chi connectivity index (χ3n) is 5.46. The van der Waals surface area contributed by atoms with Crippen molar-refractivity contribution in [1.82, 2.24) is 15.2 Å². The van der Waals surface area contributed by atoms with E-state index >= 15 is 0 Å². The molecule has 0 saturated carbocycles. The van der Waals surface area contributed by atoms with Gasteiger partial charge in [0.15, 0.2) is 0 Å². The minimum atomic E-state index is 0.667. The van der Waals surface area contributed by atoms with E-state index in [-0.39, 0.29) is 0 Å². The Morgan fingerprint density at radius 1 is 1.20 bits per heavy atom. The summed E-state index contributed by atoms with van der Waals surface area (Å²) in [5, 5.41) is 4.90. The summed E-state index contributed by atoms with van der Waals surface area (Å²) in [6, 6.07) is 11.4. The average molecular weight is 340 g/mol. The van der Waals surface area contributed by atoms with Gasteiger partial charge in [-0.25, -0.2) is 4.98 Å². The molecule has 0 aliphatic carbocycles. The van der Waals surface area contributed by atoms with E-state index < -0.39 is 0 Å². The largest absolute Gasteiger partial charge is 0.378 e. The fraction of sp³-hybridized carbons (Fsp3) is 0.550. The zero-order chi connectivity index (χ0) is 17.1. The number of para-hydroxylation sites is 1. The second-order valence-corrected chi connectivity index (χ2v) is 7.17. The first kappa shape index (κ1) is 16.8. The van der Waals surface area contributed by atoms with E-state index in [0.717, 1.165) is 50.7 Å². The summed E-state index contributed by atoms with van der Waals surface area (Å²) < 4.78 is 5.52. The molecule has 1 aromatic carbocycles. The van der Waals surface area contributed by atoms with E-state index in [1.54, 1.807) is 0 Å². The molecule has 1 atom stereocenters. The van der Waals surface area contributed by atoms with Crippen LogP contribution in [-0.4, -0.2) is 62.4 Å². The lowest BCUT2D eigenvalue weighted by molar-refractivity contribution is 0.122. The van der Waals surface area contributed by atoms with Crippen molar-refractivity contribution in [1.29, 1.82) is 0 Å². The molecule has 2 saturated heterocycles. The van der Waals surface area contributed by atoms with E-state index in [1.165, 1.54) is 30.3 Å². The molecule has 5 heteroatoms. The first-order valence-corrected chi connectivity index (χ1v) is 9.43. The molecule has 1 N–H and O–H groups in total. The highest BCUT2D eigenvalue weighted by molar-refractivity contribution is 5.81. The molecule has 4 rings (SSSR count). The first-order valence-electron chi connectivity index (χ1n) is 9.43. The van der Waals surface area contributed by atoms with E-state index in [9.17, 15) is 0 Å². The second-order valence-electron chi connectivity index (χ2n) is 7.17. The van der Waals surface area contributed by atoms with Crippen molar-refractivity contribution in [3.63, 3.8) is 0 Å². The number of fused-ring (bicyclic) bond motifs is 1. The summed E-state index contributed by atoms with van der Waals surface area (Å²) in [5.74, 6) is 1.12. The number of pyridine rings is 1. The van der Waals surface area contributed by atoms with Crippen LogP contribution in [-0.2, 0) is 11.3 Å². The summed E-state index contributed by atoms with van der Waals surface area (Å²) in [6.07, 6.45) is 2.62. The SMILES string of the molecule is CN1CCCC1CNCc1cc2ccccc2nc1N1CCOCC1. The Bertz CT molecular complexity index is 714. The minimum Gasteiger partial charge on any atom is -0.378 e. The summed E-state index contributed by atoms with van der Waals surface area (Å²) >= 11 is 0. The Morgan fingerprint density at radius 2 is 2.04 bits per heavy atom. The molecule has 134 valence electrons. The number of likely N-dealkylation sites (tertiary alicyclic amines) is 1. The van der Waals surface area contributed by atoms with Gasteiger partial charge in [0.05, 0.1) is 18.7 Å². The van der Waals surface area contributed by atoms with Gasteiger partial charge < -0.3 is 19.9 Å². The molecule has 0 radical (unpaired) electrons. The number of benzene rings is 1. The summed E-state index contributed by atoms with van der Waals surface area (Å²) in [6.45, 7) is 6.56. The number of anilines is 1. The molecule has 2 fully saturated rings. The molecule has 25 heavy (non-hydrogen) atoms. The van der Waals surface area contributed by atoms with Gasteiger partial charge in [-0.3, -0.25) is 0 Å². The van der Waals surface area contributed by atoms with Gasteiger partial charge in [0.1, 0.15) is 5.82 Å². The van der Waals surface area contributed by atoms with Crippen molar-refractivity contribution in [2.75, 3.05) is 51.3 Å². The van der Waals surface area contributed by atoms with Crippen molar-refractivity contribution in [3.05, 3.63) is 35.9 Å². The maximum absolute atomic E-state index is 5.52. The van der Waals surface area contributed by atoms with Gasteiger partial charge in [0, 0.05) is 43.2 Å². The number of nitrogens with one attached hydrogen (secondary N) is 1. The highest BCUT2D eigenvalue weighted by Crippen LogP contribution is 2.24. The number of likely N-dealkylation sites (N-methyl/N-ethyl adjacent to an activating group) is 1. The fourth-order valence-corrected chi connectivity index (χ4v) is 3.94. The third-order valence-corrected chi connectivity index (χ3v) is 5.46. The van der Waals surface area contributed by atoms with E-state index in [2.05, 4.69) is 52.5 Å². The lowest BCUT2D eigenvalue weighted by Crippen LogP contribution is -2.38. The number of rotatable bonds is 5. The van der Waals surface area contributed by atoms with Gasteiger partial charge in [0.2, 0.25) is 0 Å². The normalized spacial score (nSPS) is 22.0. The fourth-order valence-electron chi connectivity index (χ4n) is 3.94. The highest BCUT2D eigenvalue weighted by atomic mass is 16.5. The predicted molar refractivity (Wildman–Crippen MR) is 102 cm³/mol. The molecular weight excluding hydrogens is 312 g/mol. The van der Waals surface area contributed by atoms with Crippen molar-refractivity contribution in [2.24, 2.45) is 0 Å². The van der Waals surface area contributed by atoms with Gasteiger partial charge in [-0.15, -0.1) is 0 Å². The van der Waals surface area contributed by atoms with Crippen molar-refractivity contribution >= 4 is 16.7 Å². The van der Waals surface area contributed by atoms with Gasteiger partial charge in [-0.1, -0.05) is 18.2 Å². The molecule has 1 aromatic heterocycles. The van der Waals surface area contributed by atoms with E-state index in [0.29, 0.717) is 6.04 Å².